The van der Waals surface area contributed by atoms with Crippen LogP contribution in [-0.2, 0) is 4.79 Å². The fourth-order valence-corrected chi connectivity index (χ4v) is 1.47. The highest BCUT2D eigenvalue weighted by Crippen LogP contribution is 2.23. The van der Waals surface area contributed by atoms with Crippen molar-refractivity contribution in [1.82, 2.24) is 4.90 Å². The second-order valence-corrected chi connectivity index (χ2v) is 3.87. The molecule has 3 heteroatoms. The van der Waals surface area contributed by atoms with Gasteiger partial charge in [0.05, 0.1) is 18.1 Å². The molecule has 1 saturated heterocycles. The Balaban J connectivity index is 2.68. The Kier molecular flexibility index (Phi) is 2.03. The molecular formula is C8H15NO2. The first-order valence-electron chi connectivity index (χ1n) is 3.85. The van der Waals surface area contributed by atoms with Crippen LogP contribution >= 0.6 is 0 Å². The SMILES string of the molecule is CN1CC(=O)C(C(C)(C)O)C1. The molecule has 64 valence electrons. The van der Waals surface area contributed by atoms with Crippen molar-refractivity contribution in [1.29, 1.82) is 0 Å². The van der Waals surface area contributed by atoms with Crippen molar-refractivity contribution < 1.29 is 9.90 Å². The Morgan fingerprint density at radius 3 is 2.36 bits per heavy atom. The van der Waals surface area contributed by atoms with Crippen LogP contribution in [0.1, 0.15) is 13.8 Å². The number of Topliss-reactive ketones (excluding diaryl/α,β-unsaturated/α-hetero) is 1. The van der Waals surface area contributed by atoms with Gasteiger partial charge in [0, 0.05) is 6.54 Å². The molecule has 1 fully saturated rings. The zero-order valence-electron chi connectivity index (χ0n) is 7.29. The third kappa shape index (κ3) is 1.79. The van der Waals surface area contributed by atoms with Crippen LogP contribution < -0.4 is 0 Å². The van der Waals surface area contributed by atoms with E-state index in [1.54, 1.807) is 13.8 Å². The summed E-state index contributed by atoms with van der Waals surface area (Å²) in [6.07, 6.45) is 0. The maximum Gasteiger partial charge on any atom is 0.154 e. The number of rotatable bonds is 1. The van der Waals surface area contributed by atoms with E-state index >= 15 is 0 Å². The van der Waals surface area contributed by atoms with Gasteiger partial charge in [0.1, 0.15) is 0 Å². The van der Waals surface area contributed by atoms with Crippen molar-refractivity contribution in [3.8, 4) is 0 Å². The van der Waals surface area contributed by atoms with E-state index in [1.165, 1.54) is 0 Å². The fourth-order valence-electron chi connectivity index (χ4n) is 1.47. The molecule has 1 aliphatic rings. The standard InChI is InChI=1S/C8H15NO2/c1-8(2,11)6-4-9(3)5-7(6)10/h6,11H,4-5H2,1-3H3. The molecule has 0 saturated carbocycles. The second kappa shape index (κ2) is 2.57. The topological polar surface area (TPSA) is 40.5 Å². The van der Waals surface area contributed by atoms with E-state index in [0.717, 1.165) is 0 Å². The van der Waals surface area contributed by atoms with Crippen molar-refractivity contribution in [2.24, 2.45) is 5.92 Å². The molecule has 3 nitrogen and oxygen atoms in total. The molecule has 11 heavy (non-hydrogen) atoms. The average molecular weight is 157 g/mol. The molecule has 0 bridgehead atoms. The lowest BCUT2D eigenvalue weighted by molar-refractivity contribution is -0.125. The van der Waals surface area contributed by atoms with E-state index < -0.39 is 5.60 Å². The van der Waals surface area contributed by atoms with Gasteiger partial charge in [0.15, 0.2) is 5.78 Å². The van der Waals surface area contributed by atoms with Gasteiger partial charge in [-0.2, -0.15) is 0 Å². The van der Waals surface area contributed by atoms with Crippen LogP contribution in [0.15, 0.2) is 0 Å². The third-order valence-corrected chi connectivity index (χ3v) is 2.16. The van der Waals surface area contributed by atoms with Crippen LogP contribution in [0, 0.1) is 5.92 Å². The predicted molar refractivity (Wildman–Crippen MR) is 42.3 cm³/mol. The summed E-state index contributed by atoms with van der Waals surface area (Å²) < 4.78 is 0. The van der Waals surface area contributed by atoms with Crippen LogP contribution in [0.4, 0.5) is 0 Å². The van der Waals surface area contributed by atoms with Crippen molar-refractivity contribution >= 4 is 5.78 Å². The van der Waals surface area contributed by atoms with Crippen LogP contribution in [0.5, 0.6) is 0 Å². The summed E-state index contributed by atoms with van der Waals surface area (Å²) in [6, 6.07) is 0. The number of aliphatic hydroxyl groups is 1. The highest BCUT2D eigenvalue weighted by Gasteiger charge is 2.38. The van der Waals surface area contributed by atoms with E-state index in [-0.39, 0.29) is 11.7 Å². The molecule has 1 aliphatic heterocycles. The number of carbonyl (C=O) groups is 1. The summed E-state index contributed by atoms with van der Waals surface area (Å²) in [5.41, 5.74) is -0.859. The number of hydrogen-bond donors (Lipinski definition) is 1. The molecule has 0 spiro atoms. The average Bonchev–Trinajstić information content (AvgIpc) is 2.08. The number of likely N-dealkylation sites (N-methyl/N-ethyl adjacent to an activating group) is 1. The molecule has 1 heterocycles. The van der Waals surface area contributed by atoms with Gasteiger partial charge in [-0.05, 0) is 20.9 Å². The molecule has 0 aliphatic carbocycles. The summed E-state index contributed by atoms with van der Waals surface area (Å²) >= 11 is 0. The highest BCUT2D eigenvalue weighted by molar-refractivity contribution is 5.86. The maximum atomic E-state index is 11.2. The first-order valence-corrected chi connectivity index (χ1v) is 3.85. The Morgan fingerprint density at radius 1 is 1.64 bits per heavy atom. The lowest BCUT2D eigenvalue weighted by atomic mass is 9.90. The third-order valence-electron chi connectivity index (χ3n) is 2.16. The zero-order chi connectivity index (χ0) is 8.65. The second-order valence-electron chi connectivity index (χ2n) is 3.87. The molecule has 0 radical (unpaired) electrons. The van der Waals surface area contributed by atoms with Gasteiger partial charge in [-0.15, -0.1) is 0 Å². The number of ketones is 1. The van der Waals surface area contributed by atoms with Crippen LogP contribution in [0.3, 0.4) is 0 Å². The molecule has 1 atom stereocenters. The Hall–Kier alpha value is -0.410. The minimum absolute atomic E-state index is 0.153. The molecule has 0 amide bonds. The molecular weight excluding hydrogens is 142 g/mol. The largest absolute Gasteiger partial charge is 0.390 e. The Morgan fingerprint density at radius 2 is 2.18 bits per heavy atom. The predicted octanol–water partition coefficient (Wildman–Crippen LogP) is -0.112. The normalized spacial score (nSPS) is 28.0. The van der Waals surface area contributed by atoms with E-state index in [9.17, 15) is 9.90 Å². The molecule has 0 aromatic heterocycles. The van der Waals surface area contributed by atoms with Gasteiger partial charge in [0.2, 0.25) is 0 Å². The number of hydrogen-bond acceptors (Lipinski definition) is 3. The van der Waals surface area contributed by atoms with Gasteiger partial charge in [-0.3, -0.25) is 9.69 Å². The van der Waals surface area contributed by atoms with Gasteiger partial charge in [-0.1, -0.05) is 0 Å². The summed E-state index contributed by atoms with van der Waals surface area (Å²) in [5, 5.41) is 9.56. The van der Waals surface area contributed by atoms with Gasteiger partial charge >= 0.3 is 0 Å². The highest BCUT2D eigenvalue weighted by atomic mass is 16.3. The first kappa shape index (κ1) is 8.68. The molecule has 0 aromatic rings. The number of nitrogens with zero attached hydrogens (tertiary/aromatic N) is 1. The summed E-state index contributed by atoms with van der Waals surface area (Å²) in [7, 11) is 1.89. The van der Waals surface area contributed by atoms with Crippen molar-refractivity contribution in [2.75, 3.05) is 20.1 Å². The first-order chi connectivity index (χ1) is 4.91. The summed E-state index contributed by atoms with van der Waals surface area (Å²) in [6.45, 7) is 4.54. The van der Waals surface area contributed by atoms with Crippen molar-refractivity contribution in [3.05, 3.63) is 0 Å². The van der Waals surface area contributed by atoms with Crippen molar-refractivity contribution in [2.45, 2.75) is 19.4 Å². The molecule has 1 unspecified atom stereocenters. The Bertz CT molecular complexity index is 171. The lowest BCUT2D eigenvalue weighted by Crippen LogP contribution is -2.36. The van der Waals surface area contributed by atoms with Crippen LogP contribution in [0.2, 0.25) is 0 Å². The quantitative estimate of drug-likeness (QED) is 0.577. The van der Waals surface area contributed by atoms with Gasteiger partial charge in [0.25, 0.3) is 0 Å². The van der Waals surface area contributed by atoms with Crippen LogP contribution in [0.25, 0.3) is 0 Å². The molecule has 0 aromatic carbocycles. The zero-order valence-corrected chi connectivity index (χ0v) is 7.29. The number of likely N-dealkylation sites (tertiary alicyclic amines) is 1. The summed E-state index contributed by atoms with van der Waals surface area (Å²) in [4.78, 5) is 13.2. The maximum absolute atomic E-state index is 11.2. The fraction of sp³-hybridized carbons (Fsp3) is 0.875. The molecule has 1 rings (SSSR count). The minimum atomic E-state index is -0.859. The smallest absolute Gasteiger partial charge is 0.154 e. The minimum Gasteiger partial charge on any atom is -0.390 e. The van der Waals surface area contributed by atoms with E-state index in [0.29, 0.717) is 13.1 Å². The van der Waals surface area contributed by atoms with Crippen molar-refractivity contribution in [3.63, 3.8) is 0 Å². The monoisotopic (exact) mass is 157 g/mol. The Labute approximate surface area is 67.0 Å². The number of carbonyl (C=O) groups excluding carboxylic acids is 1. The lowest BCUT2D eigenvalue weighted by Gasteiger charge is -2.23. The van der Waals surface area contributed by atoms with Crippen LogP contribution in [-0.4, -0.2) is 41.5 Å². The summed E-state index contributed by atoms with van der Waals surface area (Å²) in [5.74, 6) is -0.0486. The van der Waals surface area contributed by atoms with E-state index in [2.05, 4.69) is 0 Å². The van der Waals surface area contributed by atoms with E-state index in [4.69, 9.17) is 0 Å². The van der Waals surface area contributed by atoms with Gasteiger partial charge in [-0.25, -0.2) is 0 Å². The van der Waals surface area contributed by atoms with E-state index in [1.807, 2.05) is 11.9 Å². The molecule has 1 N–H and O–H groups in total. The van der Waals surface area contributed by atoms with Gasteiger partial charge < -0.3 is 5.11 Å².